The van der Waals surface area contributed by atoms with Gasteiger partial charge in [-0.1, -0.05) is 30.3 Å². The monoisotopic (exact) mass is 368 g/mol. The SMILES string of the molecule is CCNC(=NCc1cccc(C(N)=O)c1)NCC1(c2ccccc2F)CC1. The summed E-state index contributed by atoms with van der Waals surface area (Å²) >= 11 is 0. The summed E-state index contributed by atoms with van der Waals surface area (Å²) in [5, 5.41) is 6.55. The van der Waals surface area contributed by atoms with Crippen molar-refractivity contribution in [2.24, 2.45) is 10.7 Å². The van der Waals surface area contributed by atoms with Crippen LogP contribution in [0.2, 0.25) is 0 Å². The molecule has 2 aromatic carbocycles. The highest BCUT2D eigenvalue weighted by Gasteiger charge is 2.45. The van der Waals surface area contributed by atoms with Crippen molar-refractivity contribution in [1.82, 2.24) is 10.6 Å². The van der Waals surface area contributed by atoms with Crippen LogP contribution in [0.25, 0.3) is 0 Å². The second-order valence-corrected chi connectivity index (χ2v) is 6.87. The fourth-order valence-electron chi connectivity index (χ4n) is 3.17. The highest BCUT2D eigenvalue weighted by atomic mass is 19.1. The quantitative estimate of drug-likeness (QED) is 0.519. The Hall–Kier alpha value is -2.89. The number of carbonyl (C=O) groups excluding carboxylic acids is 1. The molecular weight excluding hydrogens is 343 g/mol. The molecule has 0 bridgehead atoms. The van der Waals surface area contributed by atoms with Crippen LogP contribution in [0, 0.1) is 5.82 Å². The molecule has 0 saturated heterocycles. The Kier molecular flexibility index (Phi) is 5.74. The van der Waals surface area contributed by atoms with Crippen molar-refractivity contribution in [3.05, 3.63) is 71.0 Å². The number of halogens is 1. The predicted octanol–water partition coefficient (Wildman–Crippen LogP) is 2.71. The summed E-state index contributed by atoms with van der Waals surface area (Å²) in [6, 6.07) is 14.1. The number of rotatable bonds is 7. The van der Waals surface area contributed by atoms with E-state index in [1.54, 1.807) is 24.3 Å². The average molecular weight is 368 g/mol. The maximum absolute atomic E-state index is 14.2. The van der Waals surface area contributed by atoms with Gasteiger partial charge in [0.05, 0.1) is 6.54 Å². The van der Waals surface area contributed by atoms with E-state index in [0.29, 0.717) is 24.6 Å². The molecule has 142 valence electrons. The first kappa shape index (κ1) is 18.9. The van der Waals surface area contributed by atoms with Crippen LogP contribution in [-0.2, 0) is 12.0 Å². The third-order valence-electron chi connectivity index (χ3n) is 4.87. The zero-order valence-corrected chi connectivity index (χ0v) is 15.5. The number of guanidine groups is 1. The van der Waals surface area contributed by atoms with Gasteiger partial charge in [0, 0.05) is 24.1 Å². The van der Waals surface area contributed by atoms with Crippen molar-refractivity contribution < 1.29 is 9.18 Å². The minimum absolute atomic E-state index is 0.151. The lowest BCUT2D eigenvalue weighted by Crippen LogP contribution is -2.41. The second-order valence-electron chi connectivity index (χ2n) is 6.87. The summed E-state index contributed by atoms with van der Waals surface area (Å²) in [6.07, 6.45) is 1.92. The maximum atomic E-state index is 14.2. The molecule has 4 N–H and O–H groups in total. The van der Waals surface area contributed by atoms with E-state index in [9.17, 15) is 9.18 Å². The van der Waals surface area contributed by atoms with E-state index in [2.05, 4.69) is 15.6 Å². The van der Waals surface area contributed by atoms with Crippen LogP contribution in [-0.4, -0.2) is 25.0 Å². The Labute approximate surface area is 158 Å². The molecule has 0 spiro atoms. The molecule has 27 heavy (non-hydrogen) atoms. The highest BCUT2D eigenvalue weighted by molar-refractivity contribution is 5.92. The number of primary amides is 1. The van der Waals surface area contributed by atoms with Crippen LogP contribution < -0.4 is 16.4 Å². The van der Waals surface area contributed by atoms with E-state index >= 15 is 0 Å². The number of hydrogen-bond donors (Lipinski definition) is 3. The number of nitrogens with zero attached hydrogens (tertiary/aromatic N) is 1. The fourth-order valence-corrected chi connectivity index (χ4v) is 3.17. The fraction of sp³-hybridized carbons (Fsp3) is 0.333. The average Bonchev–Trinajstić information content (AvgIpc) is 3.45. The number of benzene rings is 2. The molecule has 1 aliphatic rings. The molecule has 1 fully saturated rings. The maximum Gasteiger partial charge on any atom is 0.248 e. The summed E-state index contributed by atoms with van der Waals surface area (Å²) < 4.78 is 14.2. The van der Waals surface area contributed by atoms with Gasteiger partial charge in [-0.05, 0) is 49.1 Å². The first-order chi connectivity index (χ1) is 13.0. The van der Waals surface area contributed by atoms with E-state index in [1.165, 1.54) is 6.07 Å². The standard InChI is InChI=1S/C21H25FN4O/c1-2-24-20(25-13-15-6-5-7-16(12-15)19(23)27)26-14-21(10-11-21)17-8-3-4-9-18(17)22/h3-9,12H,2,10-11,13-14H2,1H3,(H2,23,27)(H2,24,25,26). The van der Waals surface area contributed by atoms with Crippen molar-refractivity contribution in [2.75, 3.05) is 13.1 Å². The largest absolute Gasteiger partial charge is 0.366 e. The van der Waals surface area contributed by atoms with E-state index in [1.807, 2.05) is 25.1 Å². The number of hydrogen-bond acceptors (Lipinski definition) is 2. The lowest BCUT2D eigenvalue weighted by molar-refractivity contribution is 0.1000. The summed E-state index contributed by atoms with van der Waals surface area (Å²) in [7, 11) is 0. The van der Waals surface area contributed by atoms with E-state index in [4.69, 9.17) is 5.73 Å². The topological polar surface area (TPSA) is 79.5 Å². The van der Waals surface area contributed by atoms with Crippen LogP contribution in [0.1, 0.15) is 41.3 Å². The van der Waals surface area contributed by atoms with Gasteiger partial charge in [0.2, 0.25) is 5.91 Å². The zero-order valence-electron chi connectivity index (χ0n) is 15.5. The van der Waals surface area contributed by atoms with Crippen LogP contribution >= 0.6 is 0 Å². The molecule has 1 aliphatic carbocycles. The van der Waals surface area contributed by atoms with Crippen LogP contribution in [0.15, 0.2) is 53.5 Å². The van der Waals surface area contributed by atoms with Gasteiger partial charge < -0.3 is 16.4 Å². The normalized spacial score (nSPS) is 15.3. The Balaban J connectivity index is 1.67. The molecule has 0 aromatic heterocycles. The zero-order chi connectivity index (χ0) is 19.3. The molecule has 0 unspecified atom stereocenters. The van der Waals surface area contributed by atoms with Gasteiger partial charge in [0.15, 0.2) is 5.96 Å². The van der Waals surface area contributed by atoms with Gasteiger partial charge in [0.1, 0.15) is 5.82 Å². The lowest BCUT2D eigenvalue weighted by atomic mass is 9.95. The molecule has 0 heterocycles. The second kappa shape index (κ2) is 8.20. The van der Waals surface area contributed by atoms with Gasteiger partial charge in [-0.2, -0.15) is 0 Å². The summed E-state index contributed by atoms with van der Waals surface area (Å²) in [6.45, 7) is 3.76. The first-order valence-electron chi connectivity index (χ1n) is 9.20. The van der Waals surface area contributed by atoms with Crippen LogP contribution in [0.4, 0.5) is 4.39 Å². The molecule has 1 amide bonds. The molecule has 3 rings (SSSR count). The highest BCUT2D eigenvalue weighted by Crippen LogP contribution is 2.48. The molecule has 6 heteroatoms. The minimum Gasteiger partial charge on any atom is -0.366 e. The third-order valence-corrected chi connectivity index (χ3v) is 4.87. The van der Waals surface area contributed by atoms with Gasteiger partial charge in [0.25, 0.3) is 0 Å². The Morgan fingerprint density at radius 1 is 1.19 bits per heavy atom. The van der Waals surface area contributed by atoms with Crippen molar-refractivity contribution >= 4 is 11.9 Å². The first-order valence-corrected chi connectivity index (χ1v) is 9.20. The molecule has 1 saturated carbocycles. The summed E-state index contributed by atoms with van der Waals surface area (Å²) in [5.41, 5.74) is 7.30. The predicted molar refractivity (Wildman–Crippen MR) is 105 cm³/mol. The van der Waals surface area contributed by atoms with Crippen molar-refractivity contribution in [2.45, 2.75) is 31.7 Å². The molecule has 0 atom stereocenters. The number of nitrogens with one attached hydrogen (secondary N) is 2. The number of aliphatic imine (C=N–C) groups is 1. The molecule has 5 nitrogen and oxygen atoms in total. The third kappa shape index (κ3) is 4.64. The van der Waals surface area contributed by atoms with E-state index in [0.717, 1.165) is 30.5 Å². The number of amides is 1. The molecule has 0 aliphatic heterocycles. The number of nitrogens with two attached hydrogens (primary N) is 1. The van der Waals surface area contributed by atoms with Gasteiger partial charge in [-0.3, -0.25) is 4.79 Å². The molecule has 0 radical (unpaired) electrons. The lowest BCUT2D eigenvalue weighted by Gasteiger charge is -2.19. The molecular formula is C21H25FN4O. The smallest absolute Gasteiger partial charge is 0.248 e. The van der Waals surface area contributed by atoms with Crippen LogP contribution in [0.5, 0.6) is 0 Å². The Morgan fingerprint density at radius 3 is 2.63 bits per heavy atom. The minimum atomic E-state index is -0.452. The summed E-state index contributed by atoms with van der Waals surface area (Å²) in [4.78, 5) is 15.9. The van der Waals surface area contributed by atoms with Gasteiger partial charge in [-0.25, -0.2) is 9.38 Å². The Bertz CT molecular complexity index is 846. The molecule has 2 aromatic rings. The van der Waals surface area contributed by atoms with Crippen molar-refractivity contribution in [3.63, 3.8) is 0 Å². The van der Waals surface area contributed by atoms with Crippen LogP contribution in [0.3, 0.4) is 0 Å². The van der Waals surface area contributed by atoms with E-state index in [-0.39, 0.29) is 11.2 Å². The van der Waals surface area contributed by atoms with Crippen molar-refractivity contribution in [3.8, 4) is 0 Å². The van der Waals surface area contributed by atoms with E-state index < -0.39 is 5.91 Å². The Morgan fingerprint density at radius 2 is 1.96 bits per heavy atom. The van der Waals surface area contributed by atoms with Gasteiger partial charge in [-0.15, -0.1) is 0 Å². The van der Waals surface area contributed by atoms with Crippen molar-refractivity contribution in [1.29, 1.82) is 0 Å². The van der Waals surface area contributed by atoms with Gasteiger partial charge >= 0.3 is 0 Å². The summed E-state index contributed by atoms with van der Waals surface area (Å²) in [5.74, 6) is 0.0676. The number of carbonyl (C=O) groups is 1.